The van der Waals surface area contributed by atoms with E-state index in [0.717, 1.165) is 43.2 Å². The van der Waals surface area contributed by atoms with Crippen molar-refractivity contribution in [1.82, 2.24) is 9.88 Å². The summed E-state index contributed by atoms with van der Waals surface area (Å²) in [4.78, 5) is 33.9. The molecule has 0 bridgehead atoms. The number of ether oxygens (including phenoxy) is 3. The number of pyridine rings is 1. The Bertz CT molecular complexity index is 1360. The van der Waals surface area contributed by atoms with Gasteiger partial charge in [-0.2, -0.15) is 0 Å². The lowest BCUT2D eigenvalue weighted by molar-refractivity contribution is 0.0516. The van der Waals surface area contributed by atoms with Gasteiger partial charge in [0.05, 0.1) is 43.8 Å². The average molecular weight is 561 g/mol. The van der Waals surface area contributed by atoms with E-state index in [1.54, 1.807) is 26.0 Å². The maximum absolute atomic E-state index is 14.0. The van der Waals surface area contributed by atoms with Crippen LogP contribution in [0.1, 0.15) is 95.2 Å². The first-order valence-electron chi connectivity index (χ1n) is 14.4. The number of rotatable bonds is 14. The SMILES string of the molecule is CCCCCCC1c2nc(Cc3ccccc3)c(O)c(C(=O)OCC)c2C(=O)N1CCc1ccc(OC)c(OC)c1. The lowest BCUT2D eigenvalue weighted by Gasteiger charge is -2.25. The van der Waals surface area contributed by atoms with Crippen LogP contribution in [0.25, 0.3) is 0 Å². The van der Waals surface area contributed by atoms with Crippen LogP contribution in [0, 0.1) is 0 Å². The summed E-state index contributed by atoms with van der Waals surface area (Å²) in [5.41, 5.74) is 2.92. The summed E-state index contributed by atoms with van der Waals surface area (Å²) >= 11 is 0. The van der Waals surface area contributed by atoms with Gasteiger partial charge in [-0.05, 0) is 43.0 Å². The molecule has 1 atom stereocenters. The molecule has 8 heteroatoms. The zero-order valence-electron chi connectivity index (χ0n) is 24.4. The molecule has 1 unspecified atom stereocenters. The second-order valence-electron chi connectivity index (χ2n) is 10.2. The molecule has 2 heterocycles. The topological polar surface area (TPSA) is 98.2 Å². The average Bonchev–Trinajstić information content (AvgIpc) is 3.24. The second-order valence-corrected chi connectivity index (χ2v) is 10.2. The Morgan fingerprint density at radius 1 is 0.976 bits per heavy atom. The summed E-state index contributed by atoms with van der Waals surface area (Å²) in [5, 5.41) is 11.3. The summed E-state index contributed by atoms with van der Waals surface area (Å²) in [6, 6.07) is 15.1. The number of amides is 1. The predicted molar refractivity (Wildman–Crippen MR) is 157 cm³/mol. The molecule has 1 N–H and O–H groups in total. The number of hydrogen-bond donors (Lipinski definition) is 1. The smallest absolute Gasteiger partial charge is 0.342 e. The fourth-order valence-corrected chi connectivity index (χ4v) is 5.45. The van der Waals surface area contributed by atoms with Crippen LogP contribution < -0.4 is 9.47 Å². The molecule has 4 rings (SSSR count). The van der Waals surface area contributed by atoms with Crippen molar-refractivity contribution >= 4 is 11.9 Å². The molecule has 0 fully saturated rings. The fourth-order valence-electron chi connectivity index (χ4n) is 5.45. The van der Waals surface area contributed by atoms with E-state index in [9.17, 15) is 14.7 Å². The van der Waals surface area contributed by atoms with Crippen molar-refractivity contribution in [3.05, 3.63) is 82.2 Å². The van der Waals surface area contributed by atoms with Crippen LogP contribution in [-0.2, 0) is 17.6 Å². The maximum atomic E-state index is 14.0. The number of carbonyl (C=O) groups is 2. The first kappa shape index (κ1) is 29.9. The van der Waals surface area contributed by atoms with Crippen molar-refractivity contribution in [2.24, 2.45) is 0 Å². The van der Waals surface area contributed by atoms with E-state index in [0.29, 0.717) is 42.3 Å². The van der Waals surface area contributed by atoms with E-state index in [2.05, 4.69) is 6.92 Å². The molecular formula is C33H40N2O6. The standard InChI is InChI=1S/C33H40N2O6/c1-5-7-8-12-15-25-30-28(32(37)35(25)19-18-23-16-17-26(39-3)27(21-23)40-4)29(33(38)41-6-2)31(36)24(34-30)20-22-13-10-9-11-14-22/h9-11,13-14,16-17,21,25,36H,5-8,12,15,18-20H2,1-4H3. The van der Waals surface area contributed by atoms with Crippen LogP contribution in [-0.4, -0.2) is 54.2 Å². The van der Waals surface area contributed by atoms with E-state index >= 15 is 0 Å². The molecule has 0 saturated carbocycles. The van der Waals surface area contributed by atoms with Gasteiger partial charge in [-0.15, -0.1) is 0 Å². The molecule has 0 saturated heterocycles. The number of unbranched alkanes of at least 4 members (excludes halogenated alkanes) is 3. The largest absolute Gasteiger partial charge is 0.505 e. The monoisotopic (exact) mass is 560 g/mol. The highest BCUT2D eigenvalue weighted by Crippen LogP contribution is 2.42. The van der Waals surface area contributed by atoms with E-state index in [4.69, 9.17) is 19.2 Å². The van der Waals surface area contributed by atoms with Gasteiger partial charge in [-0.1, -0.05) is 69.0 Å². The molecule has 218 valence electrons. The third-order valence-corrected chi connectivity index (χ3v) is 7.55. The first-order chi connectivity index (χ1) is 19.9. The molecule has 0 radical (unpaired) electrons. The molecular weight excluding hydrogens is 520 g/mol. The number of esters is 1. The molecule has 41 heavy (non-hydrogen) atoms. The molecule has 2 aromatic carbocycles. The second kappa shape index (κ2) is 14.0. The Labute approximate surface area is 242 Å². The number of aromatic nitrogens is 1. The van der Waals surface area contributed by atoms with E-state index in [1.165, 1.54) is 0 Å². The number of carbonyl (C=O) groups excluding carboxylic acids is 2. The minimum absolute atomic E-state index is 0.0834. The van der Waals surface area contributed by atoms with Crippen LogP contribution in [0.2, 0.25) is 0 Å². The Hall–Kier alpha value is -4.07. The number of hydrogen-bond acceptors (Lipinski definition) is 7. The molecule has 0 aliphatic carbocycles. The van der Waals surface area contributed by atoms with Crippen molar-refractivity contribution < 1.29 is 28.9 Å². The third kappa shape index (κ3) is 6.64. The lowest BCUT2D eigenvalue weighted by atomic mass is 9.97. The number of fused-ring (bicyclic) bond motifs is 1. The molecule has 1 aliphatic rings. The van der Waals surface area contributed by atoms with Crippen LogP contribution in [0.3, 0.4) is 0 Å². The zero-order valence-corrected chi connectivity index (χ0v) is 24.4. The molecule has 3 aromatic rings. The molecule has 0 spiro atoms. The summed E-state index contributed by atoms with van der Waals surface area (Å²) in [5.74, 6) is -0.0416. The van der Waals surface area contributed by atoms with Gasteiger partial charge in [-0.25, -0.2) is 4.79 Å². The van der Waals surface area contributed by atoms with Gasteiger partial charge in [-0.3, -0.25) is 9.78 Å². The summed E-state index contributed by atoms with van der Waals surface area (Å²) < 4.78 is 16.2. The van der Waals surface area contributed by atoms with Gasteiger partial charge in [0.1, 0.15) is 5.56 Å². The fraction of sp³-hybridized carbons (Fsp3) is 0.424. The third-order valence-electron chi connectivity index (χ3n) is 7.55. The molecule has 1 amide bonds. The predicted octanol–water partition coefficient (Wildman–Crippen LogP) is 6.28. The van der Waals surface area contributed by atoms with Gasteiger partial charge in [0.25, 0.3) is 5.91 Å². The number of aromatic hydroxyl groups is 1. The maximum Gasteiger partial charge on any atom is 0.342 e. The number of methoxy groups -OCH3 is 2. The van der Waals surface area contributed by atoms with Crippen molar-refractivity contribution in [2.45, 2.75) is 64.8 Å². The van der Waals surface area contributed by atoms with E-state index < -0.39 is 5.97 Å². The normalized spacial score (nSPS) is 14.2. The van der Waals surface area contributed by atoms with Crippen LogP contribution >= 0.6 is 0 Å². The summed E-state index contributed by atoms with van der Waals surface area (Å²) in [6.45, 7) is 4.41. The number of benzene rings is 2. The van der Waals surface area contributed by atoms with Crippen molar-refractivity contribution in [2.75, 3.05) is 27.4 Å². The molecule has 1 aromatic heterocycles. The van der Waals surface area contributed by atoms with Crippen LogP contribution in [0.5, 0.6) is 17.2 Å². The van der Waals surface area contributed by atoms with Crippen molar-refractivity contribution in [1.29, 1.82) is 0 Å². The van der Waals surface area contributed by atoms with Crippen molar-refractivity contribution in [3.63, 3.8) is 0 Å². The Balaban J connectivity index is 1.74. The highest BCUT2D eigenvalue weighted by Gasteiger charge is 2.43. The minimum Gasteiger partial charge on any atom is -0.505 e. The Kier molecular flexibility index (Phi) is 10.2. The number of nitrogens with zero attached hydrogens (tertiary/aromatic N) is 2. The van der Waals surface area contributed by atoms with Gasteiger partial charge in [0, 0.05) is 13.0 Å². The molecule has 1 aliphatic heterocycles. The first-order valence-corrected chi connectivity index (χ1v) is 14.4. The van der Waals surface area contributed by atoms with Crippen molar-refractivity contribution in [3.8, 4) is 17.2 Å². The van der Waals surface area contributed by atoms with Crippen LogP contribution in [0.15, 0.2) is 48.5 Å². The quantitative estimate of drug-likeness (QED) is 0.183. The summed E-state index contributed by atoms with van der Waals surface area (Å²) in [7, 11) is 3.19. The summed E-state index contributed by atoms with van der Waals surface area (Å²) in [6.07, 6.45) is 5.79. The minimum atomic E-state index is -0.710. The highest BCUT2D eigenvalue weighted by atomic mass is 16.5. The van der Waals surface area contributed by atoms with E-state index in [1.807, 2.05) is 48.5 Å². The zero-order chi connectivity index (χ0) is 29.4. The van der Waals surface area contributed by atoms with Crippen LogP contribution in [0.4, 0.5) is 0 Å². The van der Waals surface area contributed by atoms with E-state index in [-0.39, 0.29) is 35.4 Å². The Morgan fingerprint density at radius 3 is 2.41 bits per heavy atom. The highest BCUT2D eigenvalue weighted by molar-refractivity contribution is 6.09. The Morgan fingerprint density at radius 2 is 1.73 bits per heavy atom. The van der Waals surface area contributed by atoms with Gasteiger partial charge in [0.2, 0.25) is 0 Å². The van der Waals surface area contributed by atoms with Gasteiger partial charge >= 0.3 is 5.97 Å². The van der Waals surface area contributed by atoms with Gasteiger partial charge in [0.15, 0.2) is 17.2 Å². The molecule has 8 nitrogen and oxygen atoms in total. The van der Waals surface area contributed by atoms with Gasteiger partial charge < -0.3 is 24.2 Å². The lowest BCUT2D eigenvalue weighted by Crippen LogP contribution is -2.30.